The van der Waals surface area contributed by atoms with Crippen LogP contribution in [0.15, 0.2) is 51.9 Å². The fraction of sp³-hybridized carbons (Fsp3) is 0.118. The first-order valence-corrected chi connectivity index (χ1v) is 7.07. The van der Waals surface area contributed by atoms with Crippen molar-refractivity contribution >= 4 is 11.6 Å². The molecule has 2 aromatic heterocycles. The highest BCUT2D eigenvalue weighted by molar-refractivity contribution is 6.03. The van der Waals surface area contributed by atoms with Gasteiger partial charge in [0.25, 0.3) is 5.91 Å². The van der Waals surface area contributed by atoms with Crippen LogP contribution >= 0.6 is 0 Å². The van der Waals surface area contributed by atoms with E-state index in [-0.39, 0.29) is 5.69 Å². The van der Waals surface area contributed by atoms with Gasteiger partial charge in [0, 0.05) is 5.69 Å². The van der Waals surface area contributed by atoms with Crippen molar-refractivity contribution in [1.29, 1.82) is 0 Å². The lowest BCUT2D eigenvalue weighted by Crippen LogP contribution is -2.21. The van der Waals surface area contributed by atoms with E-state index in [1.807, 2.05) is 26.0 Å². The summed E-state index contributed by atoms with van der Waals surface area (Å²) in [6, 6.07) is 10.5. The normalized spacial score (nSPS) is 10.5. The summed E-state index contributed by atoms with van der Waals surface area (Å²) in [4.78, 5) is 30.4. The first kappa shape index (κ1) is 14.8. The average molecular weight is 309 g/mol. The van der Waals surface area contributed by atoms with Gasteiger partial charge in [-0.25, -0.2) is 4.79 Å². The molecule has 0 radical (unpaired) electrons. The minimum atomic E-state index is -0.606. The van der Waals surface area contributed by atoms with Gasteiger partial charge in [0.15, 0.2) is 0 Å². The van der Waals surface area contributed by atoms with Gasteiger partial charge in [0.2, 0.25) is 0 Å². The number of hydrogen-bond donors (Lipinski definition) is 2. The maximum absolute atomic E-state index is 12.4. The highest BCUT2D eigenvalue weighted by Gasteiger charge is 2.13. The molecule has 0 aliphatic carbocycles. The number of amides is 1. The van der Waals surface area contributed by atoms with Gasteiger partial charge in [0.05, 0.1) is 12.0 Å². The Hall–Kier alpha value is -3.15. The summed E-state index contributed by atoms with van der Waals surface area (Å²) in [6.07, 6.45) is 1.49. The summed E-state index contributed by atoms with van der Waals surface area (Å²) >= 11 is 0. The van der Waals surface area contributed by atoms with E-state index in [0.29, 0.717) is 17.1 Å². The van der Waals surface area contributed by atoms with Crippen LogP contribution in [0, 0.1) is 13.8 Å². The van der Waals surface area contributed by atoms with Crippen LogP contribution in [0.25, 0.3) is 11.5 Å². The molecule has 0 spiro atoms. The van der Waals surface area contributed by atoms with Gasteiger partial charge in [0.1, 0.15) is 11.5 Å². The number of aromatic nitrogens is 2. The predicted octanol–water partition coefficient (Wildman–Crippen LogP) is 2.90. The third kappa shape index (κ3) is 3.06. The Morgan fingerprint density at radius 1 is 1.22 bits per heavy atom. The van der Waals surface area contributed by atoms with Crippen molar-refractivity contribution in [3.05, 3.63) is 70.0 Å². The van der Waals surface area contributed by atoms with Gasteiger partial charge in [-0.05, 0) is 49.2 Å². The Bertz CT molecular complexity index is 911. The standard InChI is InChI=1S/C17H15N3O3/c1-10-5-3-6-12(11(10)2)18-16(21)14-9-13(19-17(22)20-14)15-7-4-8-23-15/h3-9H,1-2H3,(H,18,21)(H,19,20,22). The minimum Gasteiger partial charge on any atom is -0.463 e. The molecule has 0 bridgehead atoms. The van der Waals surface area contributed by atoms with E-state index in [4.69, 9.17) is 4.42 Å². The van der Waals surface area contributed by atoms with Gasteiger partial charge in [-0.2, -0.15) is 4.98 Å². The van der Waals surface area contributed by atoms with E-state index in [2.05, 4.69) is 15.3 Å². The SMILES string of the molecule is Cc1cccc(NC(=O)c2cc(-c3ccco3)[nH]c(=O)n2)c1C. The van der Waals surface area contributed by atoms with Crippen molar-refractivity contribution in [1.82, 2.24) is 9.97 Å². The maximum Gasteiger partial charge on any atom is 0.346 e. The first-order valence-electron chi connectivity index (χ1n) is 7.07. The molecule has 0 saturated heterocycles. The molecule has 0 fully saturated rings. The highest BCUT2D eigenvalue weighted by atomic mass is 16.3. The maximum atomic E-state index is 12.4. The van der Waals surface area contributed by atoms with Crippen molar-refractivity contribution < 1.29 is 9.21 Å². The van der Waals surface area contributed by atoms with E-state index in [1.165, 1.54) is 12.3 Å². The fourth-order valence-electron chi connectivity index (χ4n) is 2.21. The summed E-state index contributed by atoms with van der Waals surface area (Å²) in [7, 11) is 0. The zero-order chi connectivity index (χ0) is 16.4. The van der Waals surface area contributed by atoms with Gasteiger partial charge in [-0.3, -0.25) is 4.79 Å². The number of nitrogens with one attached hydrogen (secondary N) is 2. The van der Waals surface area contributed by atoms with Crippen LogP contribution in [0.2, 0.25) is 0 Å². The molecule has 3 rings (SSSR count). The molecule has 0 aliphatic rings. The highest BCUT2D eigenvalue weighted by Crippen LogP contribution is 2.20. The Balaban J connectivity index is 1.94. The van der Waals surface area contributed by atoms with Crippen molar-refractivity contribution in [3.63, 3.8) is 0 Å². The molecule has 1 amide bonds. The topological polar surface area (TPSA) is 88.0 Å². The summed E-state index contributed by atoms with van der Waals surface area (Å²) in [5, 5.41) is 2.78. The van der Waals surface area contributed by atoms with E-state index < -0.39 is 11.6 Å². The van der Waals surface area contributed by atoms with Crippen LogP contribution in [0.3, 0.4) is 0 Å². The number of rotatable bonds is 3. The molecule has 23 heavy (non-hydrogen) atoms. The minimum absolute atomic E-state index is 0.0288. The molecule has 6 heteroatoms. The number of furan rings is 1. The summed E-state index contributed by atoms with van der Waals surface area (Å²) < 4.78 is 5.23. The molecule has 1 aromatic carbocycles. The number of anilines is 1. The average Bonchev–Trinajstić information content (AvgIpc) is 3.05. The van der Waals surface area contributed by atoms with Crippen molar-refractivity contribution in [2.24, 2.45) is 0 Å². The quantitative estimate of drug-likeness (QED) is 0.778. The number of nitrogens with zero attached hydrogens (tertiary/aromatic N) is 1. The number of carbonyl (C=O) groups is 1. The summed E-state index contributed by atoms with van der Waals surface area (Å²) in [6.45, 7) is 3.88. The van der Waals surface area contributed by atoms with E-state index in [0.717, 1.165) is 11.1 Å². The second-order valence-corrected chi connectivity index (χ2v) is 5.16. The summed E-state index contributed by atoms with van der Waals surface area (Å²) in [5.74, 6) is 0.0166. The van der Waals surface area contributed by atoms with Gasteiger partial charge in [-0.1, -0.05) is 12.1 Å². The van der Waals surface area contributed by atoms with E-state index >= 15 is 0 Å². The van der Waals surface area contributed by atoms with Gasteiger partial charge in [-0.15, -0.1) is 0 Å². The molecule has 0 unspecified atom stereocenters. The Kier molecular flexibility index (Phi) is 3.80. The number of benzene rings is 1. The van der Waals surface area contributed by atoms with Crippen LogP contribution in [-0.2, 0) is 0 Å². The third-order valence-electron chi connectivity index (χ3n) is 3.62. The number of aryl methyl sites for hydroxylation is 1. The molecule has 6 nitrogen and oxygen atoms in total. The lowest BCUT2D eigenvalue weighted by molar-refractivity contribution is 0.102. The van der Waals surface area contributed by atoms with Gasteiger partial charge >= 0.3 is 5.69 Å². The Labute approximate surface area is 132 Å². The second-order valence-electron chi connectivity index (χ2n) is 5.16. The van der Waals surface area contributed by atoms with Crippen LogP contribution in [0.4, 0.5) is 5.69 Å². The van der Waals surface area contributed by atoms with Gasteiger partial charge < -0.3 is 14.7 Å². The van der Waals surface area contributed by atoms with E-state index in [9.17, 15) is 9.59 Å². The predicted molar refractivity (Wildman–Crippen MR) is 86.4 cm³/mol. The molecule has 2 N–H and O–H groups in total. The lowest BCUT2D eigenvalue weighted by atomic mass is 10.1. The lowest BCUT2D eigenvalue weighted by Gasteiger charge is -2.10. The third-order valence-corrected chi connectivity index (χ3v) is 3.62. The zero-order valence-electron chi connectivity index (χ0n) is 12.7. The molecular weight excluding hydrogens is 294 g/mol. The van der Waals surface area contributed by atoms with E-state index in [1.54, 1.807) is 18.2 Å². The largest absolute Gasteiger partial charge is 0.463 e. The molecule has 116 valence electrons. The Morgan fingerprint density at radius 2 is 2.04 bits per heavy atom. The van der Waals surface area contributed by atoms with Crippen molar-refractivity contribution in [3.8, 4) is 11.5 Å². The number of aromatic amines is 1. The monoisotopic (exact) mass is 309 g/mol. The molecule has 0 atom stereocenters. The zero-order valence-corrected chi connectivity index (χ0v) is 12.7. The smallest absolute Gasteiger partial charge is 0.346 e. The number of carbonyl (C=O) groups excluding carboxylic acids is 1. The van der Waals surface area contributed by atoms with Crippen LogP contribution in [0.1, 0.15) is 21.6 Å². The van der Waals surface area contributed by atoms with Crippen LogP contribution < -0.4 is 11.0 Å². The van der Waals surface area contributed by atoms with Crippen molar-refractivity contribution in [2.75, 3.05) is 5.32 Å². The molecule has 0 saturated carbocycles. The molecule has 0 aliphatic heterocycles. The molecule has 3 aromatic rings. The number of hydrogen-bond acceptors (Lipinski definition) is 4. The van der Waals surface area contributed by atoms with Crippen molar-refractivity contribution in [2.45, 2.75) is 13.8 Å². The second kappa shape index (κ2) is 5.92. The first-order chi connectivity index (χ1) is 11.0. The molecule has 2 heterocycles. The fourth-order valence-corrected chi connectivity index (χ4v) is 2.21. The number of H-pyrrole nitrogens is 1. The van der Waals surface area contributed by atoms with Crippen LogP contribution in [0.5, 0.6) is 0 Å². The summed E-state index contributed by atoms with van der Waals surface area (Å²) in [5.41, 5.74) is 2.55. The van der Waals surface area contributed by atoms with Crippen LogP contribution in [-0.4, -0.2) is 15.9 Å². The Morgan fingerprint density at radius 3 is 2.78 bits per heavy atom. The molecular formula is C17H15N3O3.